The number of benzene rings is 1. The number of nitrogens with zero attached hydrogens (tertiary/aromatic N) is 1. The number of fused-ring (bicyclic) bond motifs is 1. The molecule has 0 saturated heterocycles. The van der Waals surface area contributed by atoms with Crippen molar-refractivity contribution in [3.05, 3.63) is 24.3 Å². The number of carbonyl (C=O) groups excluding carboxylic acids is 1. The summed E-state index contributed by atoms with van der Waals surface area (Å²) in [4.78, 5) is 16.7. The smallest absolute Gasteiger partial charge is 0.230 e. The molecular weight excluding hydrogens is 350 g/mol. The molecule has 4 nitrogen and oxygen atoms in total. The molecule has 1 fully saturated rings. The molecule has 1 amide bonds. The van der Waals surface area contributed by atoms with Crippen LogP contribution in [0.3, 0.4) is 0 Å². The lowest BCUT2D eigenvalue weighted by Gasteiger charge is -2.31. The molecule has 7 heteroatoms. The summed E-state index contributed by atoms with van der Waals surface area (Å²) in [6.45, 7) is 0.663. The number of rotatable bonds is 5. The topological polar surface area (TPSA) is 68.0 Å². The van der Waals surface area contributed by atoms with Crippen LogP contribution in [0, 0.1) is 5.92 Å². The molecule has 2 unspecified atom stereocenters. The van der Waals surface area contributed by atoms with Crippen LogP contribution in [0.1, 0.15) is 25.7 Å². The van der Waals surface area contributed by atoms with Crippen molar-refractivity contribution < 1.29 is 4.79 Å². The maximum Gasteiger partial charge on any atom is 0.230 e. The Labute approximate surface area is 151 Å². The summed E-state index contributed by atoms with van der Waals surface area (Å²) in [6.07, 6.45) is 4.60. The highest BCUT2D eigenvalue weighted by Crippen LogP contribution is 2.29. The van der Waals surface area contributed by atoms with Gasteiger partial charge in [0.2, 0.25) is 5.91 Å². The van der Waals surface area contributed by atoms with E-state index in [4.69, 9.17) is 5.73 Å². The number of aromatic nitrogens is 1. The lowest BCUT2D eigenvalue weighted by atomic mass is 9.84. The van der Waals surface area contributed by atoms with Crippen LogP contribution in [0.2, 0.25) is 0 Å². The number of thiazole rings is 1. The highest BCUT2D eigenvalue weighted by atomic mass is 35.5. The summed E-state index contributed by atoms with van der Waals surface area (Å²) < 4.78 is 2.12. The number of thioether (sulfide) groups is 1. The number of hydrogen-bond donors (Lipinski definition) is 2. The molecule has 1 saturated carbocycles. The standard InChI is InChI=1S/C16H21N3OS2.ClH/c17-9-11-5-1-2-6-12(11)18-15(20)10-21-16-19-13-7-3-4-8-14(13)22-16;/h3-4,7-8,11-12H,1-2,5-6,9-10,17H2,(H,18,20);1H. The van der Waals surface area contributed by atoms with Crippen LogP contribution >= 0.6 is 35.5 Å². The molecule has 0 bridgehead atoms. The van der Waals surface area contributed by atoms with Gasteiger partial charge in [-0.2, -0.15) is 0 Å². The van der Waals surface area contributed by atoms with Crippen LogP contribution in [0.4, 0.5) is 0 Å². The van der Waals surface area contributed by atoms with Gasteiger partial charge < -0.3 is 11.1 Å². The summed E-state index contributed by atoms with van der Waals surface area (Å²) in [5.41, 5.74) is 6.82. The predicted octanol–water partition coefficient (Wildman–Crippen LogP) is 3.44. The summed E-state index contributed by atoms with van der Waals surface area (Å²) >= 11 is 3.16. The molecule has 126 valence electrons. The van der Waals surface area contributed by atoms with E-state index < -0.39 is 0 Å². The van der Waals surface area contributed by atoms with Crippen molar-refractivity contribution in [3.8, 4) is 0 Å². The monoisotopic (exact) mass is 371 g/mol. The average Bonchev–Trinajstić information content (AvgIpc) is 2.96. The Kier molecular flexibility index (Phi) is 7.14. The van der Waals surface area contributed by atoms with Crippen molar-refractivity contribution in [2.45, 2.75) is 36.1 Å². The van der Waals surface area contributed by atoms with Crippen LogP contribution in [-0.2, 0) is 4.79 Å². The minimum atomic E-state index is 0. The first kappa shape index (κ1) is 18.5. The fraction of sp³-hybridized carbons (Fsp3) is 0.500. The lowest BCUT2D eigenvalue weighted by Crippen LogP contribution is -2.45. The fourth-order valence-corrected chi connectivity index (χ4v) is 4.85. The van der Waals surface area contributed by atoms with Gasteiger partial charge in [0, 0.05) is 6.04 Å². The van der Waals surface area contributed by atoms with E-state index in [1.165, 1.54) is 29.3 Å². The van der Waals surface area contributed by atoms with Crippen molar-refractivity contribution in [1.82, 2.24) is 10.3 Å². The number of carbonyl (C=O) groups is 1. The Morgan fingerprint density at radius 3 is 2.91 bits per heavy atom. The van der Waals surface area contributed by atoms with Crippen molar-refractivity contribution in [2.24, 2.45) is 11.7 Å². The normalized spacial score (nSPS) is 20.9. The van der Waals surface area contributed by atoms with Crippen LogP contribution < -0.4 is 11.1 Å². The first-order chi connectivity index (χ1) is 10.8. The molecule has 1 aliphatic rings. The summed E-state index contributed by atoms with van der Waals surface area (Å²) in [5.74, 6) is 0.952. The second-order valence-electron chi connectivity index (χ2n) is 5.69. The van der Waals surface area contributed by atoms with Gasteiger partial charge in [0.1, 0.15) is 0 Å². The van der Waals surface area contributed by atoms with E-state index in [1.807, 2.05) is 18.2 Å². The lowest BCUT2D eigenvalue weighted by molar-refractivity contribution is -0.119. The van der Waals surface area contributed by atoms with E-state index in [-0.39, 0.29) is 24.4 Å². The number of nitrogens with two attached hydrogens (primary N) is 1. The van der Waals surface area contributed by atoms with E-state index in [0.717, 1.165) is 22.7 Å². The second kappa shape index (κ2) is 8.87. The molecule has 1 aliphatic carbocycles. The Balaban J connectivity index is 0.00000192. The molecule has 2 atom stereocenters. The van der Waals surface area contributed by atoms with Gasteiger partial charge in [-0.05, 0) is 37.4 Å². The van der Waals surface area contributed by atoms with Crippen LogP contribution in [0.25, 0.3) is 10.2 Å². The third-order valence-corrected chi connectivity index (χ3v) is 6.34. The third-order valence-electron chi connectivity index (χ3n) is 4.16. The molecule has 0 aliphatic heterocycles. The van der Waals surface area contributed by atoms with E-state index >= 15 is 0 Å². The maximum atomic E-state index is 12.2. The van der Waals surface area contributed by atoms with Crippen molar-refractivity contribution in [2.75, 3.05) is 12.3 Å². The highest BCUT2D eigenvalue weighted by molar-refractivity contribution is 8.01. The first-order valence-electron chi connectivity index (χ1n) is 7.74. The number of amides is 1. The maximum absolute atomic E-state index is 12.2. The molecule has 3 N–H and O–H groups in total. The van der Waals surface area contributed by atoms with E-state index in [2.05, 4.69) is 16.4 Å². The Morgan fingerprint density at radius 2 is 2.13 bits per heavy atom. The van der Waals surface area contributed by atoms with Crippen molar-refractivity contribution in [3.63, 3.8) is 0 Å². The van der Waals surface area contributed by atoms with Gasteiger partial charge in [0.15, 0.2) is 4.34 Å². The molecule has 0 radical (unpaired) electrons. The fourth-order valence-electron chi connectivity index (χ4n) is 2.97. The van der Waals surface area contributed by atoms with Gasteiger partial charge in [-0.1, -0.05) is 36.7 Å². The molecule has 0 spiro atoms. The average molecular weight is 372 g/mol. The summed E-state index contributed by atoms with van der Waals surface area (Å²) in [7, 11) is 0. The van der Waals surface area contributed by atoms with Crippen LogP contribution in [-0.4, -0.2) is 29.2 Å². The zero-order valence-electron chi connectivity index (χ0n) is 12.9. The van der Waals surface area contributed by atoms with E-state index in [1.54, 1.807) is 11.3 Å². The zero-order valence-corrected chi connectivity index (χ0v) is 15.3. The summed E-state index contributed by atoms with van der Waals surface area (Å²) in [6, 6.07) is 8.31. The van der Waals surface area contributed by atoms with Gasteiger partial charge >= 0.3 is 0 Å². The Morgan fingerprint density at radius 1 is 1.35 bits per heavy atom. The van der Waals surface area contributed by atoms with E-state index in [0.29, 0.717) is 18.2 Å². The van der Waals surface area contributed by atoms with E-state index in [9.17, 15) is 4.79 Å². The largest absolute Gasteiger partial charge is 0.352 e. The zero-order chi connectivity index (χ0) is 15.4. The molecule has 1 heterocycles. The van der Waals surface area contributed by atoms with Gasteiger partial charge in [-0.25, -0.2) is 4.98 Å². The molecule has 3 rings (SSSR count). The highest BCUT2D eigenvalue weighted by Gasteiger charge is 2.25. The minimum Gasteiger partial charge on any atom is -0.352 e. The quantitative estimate of drug-likeness (QED) is 0.790. The Hall–Kier alpha value is -0.820. The van der Waals surface area contributed by atoms with Gasteiger partial charge in [0.25, 0.3) is 0 Å². The molecule has 1 aromatic heterocycles. The Bertz CT molecular complexity index is 616. The number of halogens is 1. The molecular formula is C16H22ClN3OS2. The van der Waals surface area contributed by atoms with Gasteiger partial charge in [0.05, 0.1) is 16.0 Å². The van der Waals surface area contributed by atoms with Crippen molar-refractivity contribution >= 4 is 51.6 Å². The summed E-state index contributed by atoms with van der Waals surface area (Å²) in [5, 5.41) is 3.16. The number of nitrogens with one attached hydrogen (secondary N) is 1. The van der Waals surface area contributed by atoms with Crippen LogP contribution in [0.15, 0.2) is 28.6 Å². The molecule has 23 heavy (non-hydrogen) atoms. The van der Waals surface area contributed by atoms with Gasteiger partial charge in [-0.15, -0.1) is 23.7 Å². The third kappa shape index (κ3) is 4.83. The van der Waals surface area contributed by atoms with Crippen molar-refractivity contribution in [1.29, 1.82) is 0 Å². The SMILES string of the molecule is Cl.NCC1CCCCC1NC(=O)CSc1nc2ccccc2s1. The van der Waals surface area contributed by atoms with Gasteiger partial charge in [-0.3, -0.25) is 4.79 Å². The molecule has 1 aromatic carbocycles. The molecule has 2 aromatic rings. The van der Waals surface area contributed by atoms with Crippen LogP contribution in [0.5, 0.6) is 0 Å². The first-order valence-corrected chi connectivity index (χ1v) is 9.54. The number of para-hydroxylation sites is 1. The predicted molar refractivity (Wildman–Crippen MR) is 101 cm³/mol. The second-order valence-corrected chi connectivity index (χ2v) is 7.94. The minimum absolute atomic E-state index is 0. The number of hydrogen-bond acceptors (Lipinski definition) is 5.